The number of hydrogen-bond acceptors (Lipinski definition) is 1. The third kappa shape index (κ3) is 1.89. The van der Waals surface area contributed by atoms with Gasteiger partial charge in [-0.05, 0) is 12.5 Å². The van der Waals surface area contributed by atoms with Gasteiger partial charge in [-0.25, -0.2) is 4.79 Å². The zero-order valence-corrected chi connectivity index (χ0v) is 7.27. The fraction of sp³-hybridized carbons (Fsp3) is 0.375. The van der Waals surface area contributed by atoms with Crippen molar-refractivity contribution in [1.29, 1.82) is 0 Å². The molecule has 0 fully saturated rings. The molecule has 0 amide bonds. The second-order valence-electron chi connectivity index (χ2n) is 2.73. The van der Waals surface area contributed by atoms with Crippen molar-refractivity contribution in [3.63, 3.8) is 0 Å². The van der Waals surface area contributed by atoms with Crippen LogP contribution in [0.3, 0.4) is 0 Å². The maximum Gasteiger partial charge on any atom is 0.431 e. The van der Waals surface area contributed by atoms with Crippen molar-refractivity contribution in [3.05, 3.63) is 23.0 Å². The largest absolute Gasteiger partial charge is 0.478 e. The third-order valence-corrected chi connectivity index (χ3v) is 1.79. The second kappa shape index (κ2) is 3.36. The van der Waals surface area contributed by atoms with Gasteiger partial charge in [0.15, 0.2) is 0 Å². The molecule has 1 heterocycles. The number of aryl methyl sites for hydroxylation is 1. The first-order valence-electron chi connectivity index (χ1n) is 3.88. The molecule has 0 aromatic carbocycles. The molecule has 0 unspecified atom stereocenters. The number of aromatic nitrogens is 1. The van der Waals surface area contributed by atoms with E-state index in [2.05, 4.69) is 0 Å². The molecule has 3 nitrogen and oxygen atoms in total. The van der Waals surface area contributed by atoms with E-state index in [4.69, 9.17) is 5.11 Å². The SMILES string of the molecule is CCc1[nH]c(C(F)(F)F)cc1C(=O)O. The molecular weight excluding hydrogens is 199 g/mol. The summed E-state index contributed by atoms with van der Waals surface area (Å²) in [4.78, 5) is 12.6. The van der Waals surface area contributed by atoms with E-state index in [-0.39, 0.29) is 17.7 Å². The molecular formula is C8H8F3NO2. The van der Waals surface area contributed by atoms with E-state index in [1.165, 1.54) is 0 Å². The second-order valence-corrected chi connectivity index (χ2v) is 2.73. The number of carboxylic acids is 1. The Hall–Kier alpha value is -1.46. The van der Waals surface area contributed by atoms with Crippen LogP contribution in [-0.4, -0.2) is 16.1 Å². The molecule has 0 saturated heterocycles. The minimum atomic E-state index is -4.53. The van der Waals surface area contributed by atoms with E-state index in [1.807, 2.05) is 4.98 Å². The minimum Gasteiger partial charge on any atom is -0.478 e. The van der Waals surface area contributed by atoms with E-state index >= 15 is 0 Å². The highest BCUT2D eigenvalue weighted by atomic mass is 19.4. The normalized spacial score (nSPS) is 11.7. The smallest absolute Gasteiger partial charge is 0.431 e. The van der Waals surface area contributed by atoms with Crippen LogP contribution < -0.4 is 0 Å². The Bertz CT molecular complexity index is 354. The highest BCUT2D eigenvalue weighted by Gasteiger charge is 2.34. The van der Waals surface area contributed by atoms with Crippen LogP contribution in [0, 0.1) is 0 Å². The van der Waals surface area contributed by atoms with Gasteiger partial charge in [0.1, 0.15) is 5.69 Å². The highest BCUT2D eigenvalue weighted by molar-refractivity contribution is 5.89. The quantitative estimate of drug-likeness (QED) is 0.781. The first-order chi connectivity index (χ1) is 6.36. The zero-order valence-electron chi connectivity index (χ0n) is 7.27. The lowest BCUT2D eigenvalue weighted by Crippen LogP contribution is -2.05. The van der Waals surface area contributed by atoms with Crippen molar-refractivity contribution in [2.24, 2.45) is 0 Å². The van der Waals surface area contributed by atoms with Crippen LogP contribution in [0.2, 0.25) is 0 Å². The monoisotopic (exact) mass is 207 g/mol. The number of alkyl halides is 3. The molecule has 1 rings (SSSR count). The average Bonchev–Trinajstić information content (AvgIpc) is 2.45. The van der Waals surface area contributed by atoms with Gasteiger partial charge in [-0.1, -0.05) is 6.92 Å². The molecule has 0 aliphatic carbocycles. The lowest BCUT2D eigenvalue weighted by Gasteiger charge is -2.01. The summed E-state index contributed by atoms with van der Waals surface area (Å²) in [7, 11) is 0. The molecule has 78 valence electrons. The lowest BCUT2D eigenvalue weighted by atomic mass is 10.2. The predicted molar refractivity (Wildman–Crippen MR) is 42.1 cm³/mol. The highest BCUT2D eigenvalue weighted by Crippen LogP contribution is 2.30. The summed E-state index contributed by atoms with van der Waals surface area (Å²) in [6.45, 7) is 1.58. The predicted octanol–water partition coefficient (Wildman–Crippen LogP) is 2.29. The first-order valence-corrected chi connectivity index (χ1v) is 3.88. The summed E-state index contributed by atoms with van der Waals surface area (Å²) in [6.07, 6.45) is -4.31. The van der Waals surface area contributed by atoms with Gasteiger partial charge in [0, 0.05) is 5.69 Å². The molecule has 1 aromatic heterocycles. The Kier molecular flexibility index (Phi) is 2.55. The summed E-state index contributed by atoms with van der Waals surface area (Å²) in [5.41, 5.74) is -1.25. The van der Waals surface area contributed by atoms with Crippen molar-refractivity contribution in [2.45, 2.75) is 19.5 Å². The van der Waals surface area contributed by atoms with Crippen LogP contribution in [0.15, 0.2) is 6.07 Å². The fourth-order valence-corrected chi connectivity index (χ4v) is 1.12. The summed E-state index contributed by atoms with van der Waals surface area (Å²) >= 11 is 0. The number of hydrogen-bond donors (Lipinski definition) is 2. The number of halogens is 3. The van der Waals surface area contributed by atoms with Crippen molar-refractivity contribution in [1.82, 2.24) is 4.98 Å². The summed E-state index contributed by atoms with van der Waals surface area (Å²) in [5.74, 6) is -1.35. The average molecular weight is 207 g/mol. The number of aromatic amines is 1. The molecule has 0 radical (unpaired) electrons. The topological polar surface area (TPSA) is 53.1 Å². The Labute approximate surface area is 77.6 Å². The van der Waals surface area contributed by atoms with Crippen molar-refractivity contribution >= 4 is 5.97 Å². The van der Waals surface area contributed by atoms with Crippen LogP contribution in [0.1, 0.15) is 28.7 Å². The standard InChI is InChI=1S/C8H8F3NO2/c1-2-5-4(7(13)14)3-6(12-5)8(9,10)11/h3,12H,2H2,1H3,(H,13,14). The molecule has 0 spiro atoms. The van der Waals surface area contributed by atoms with Gasteiger partial charge in [0.05, 0.1) is 5.56 Å². The van der Waals surface area contributed by atoms with Crippen LogP contribution in [0.5, 0.6) is 0 Å². The lowest BCUT2D eigenvalue weighted by molar-refractivity contribution is -0.140. The fourth-order valence-electron chi connectivity index (χ4n) is 1.12. The molecule has 6 heteroatoms. The van der Waals surface area contributed by atoms with E-state index in [0.29, 0.717) is 6.07 Å². The van der Waals surface area contributed by atoms with Gasteiger partial charge in [-0.2, -0.15) is 13.2 Å². The Morgan fingerprint density at radius 1 is 1.57 bits per heavy atom. The Morgan fingerprint density at radius 3 is 2.43 bits per heavy atom. The van der Waals surface area contributed by atoms with Gasteiger partial charge in [0.25, 0.3) is 0 Å². The molecule has 14 heavy (non-hydrogen) atoms. The van der Waals surface area contributed by atoms with Crippen LogP contribution in [0.4, 0.5) is 13.2 Å². The van der Waals surface area contributed by atoms with E-state index < -0.39 is 17.8 Å². The molecule has 2 N–H and O–H groups in total. The number of nitrogens with one attached hydrogen (secondary N) is 1. The first kappa shape index (κ1) is 10.6. The van der Waals surface area contributed by atoms with E-state index in [0.717, 1.165) is 0 Å². The Balaban J connectivity index is 3.20. The maximum atomic E-state index is 12.2. The summed E-state index contributed by atoms with van der Waals surface area (Å²) in [5, 5.41) is 8.59. The zero-order chi connectivity index (χ0) is 10.9. The van der Waals surface area contributed by atoms with Crippen molar-refractivity contribution < 1.29 is 23.1 Å². The number of carboxylic acid groups (broad SMARTS) is 1. The summed E-state index contributed by atoms with van der Waals surface area (Å²) in [6, 6.07) is 0.612. The molecule has 0 aliphatic rings. The number of aromatic carboxylic acids is 1. The Morgan fingerprint density at radius 2 is 2.14 bits per heavy atom. The van der Waals surface area contributed by atoms with E-state index in [9.17, 15) is 18.0 Å². The van der Waals surface area contributed by atoms with Crippen molar-refractivity contribution in [2.75, 3.05) is 0 Å². The maximum absolute atomic E-state index is 12.2. The van der Waals surface area contributed by atoms with Crippen LogP contribution >= 0.6 is 0 Å². The van der Waals surface area contributed by atoms with Gasteiger partial charge >= 0.3 is 12.1 Å². The molecule has 0 bridgehead atoms. The van der Waals surface area contributed by atoms with Gasteiger partial charge in [0.2, 0.25) is 0 Å². The van der Waals surface area contributed by atoms with Crippen LogP contribution in [0.25, 0.3) is 0 Å². The number of carbonyl (C=O) groups is 1. The van der Waals surface area contributed by atoms with Gasteiger partial charge in [-0.15, -0.1) is 0 Å². The molecule has 1 aromatic rings. The van der Waals surface area contributed by atoms with Crippen molar-refractivity contribution in [3.8, 4) is 0 Å². The van der Waals surface area contributed by atoms with Gasteiger partial charge in [-0.3, -0.25) is 0 Å². The van der Waals surface area contributed by atoms with Crippen LogP contribution in [-0.2, 0) is 12.6 Å². The number of rotatable bonds is 2. The van der Waals surface area contributed by atoms with Gasteiger partial charge < -0.3 is 10.1 Å². The summed E-state index contributed by atoms with van der Waals surface area (Å²) < 4.78 is 36.5. The minimum absolute atomic E-state index is 0.0878. The molecule has 0 aliphatic heterocycles. The molecule has 0 atom stereocenters. The molecule has 0 saturated carbocycles. The number of H-pyrrole nitrogens is 1. The van der Waals surface area contributed by atoms with E-state index in [1.54, 1.807) is 6.92 Å². The third-order valence-electron chi connectivity index (χ3n) is 1.79.